The van der Waals surface area contributed by atoms with Crippen molar-refractivity contribution in [1.29, 1.82) is 21.0 Å². The topological polar surface area (TPSA) is 104 Å². The van der Waals surface area contributed by atoms with Crippen LogP contribution in [0.2, 0.25) is 0 Å². The maximum atomic E-state index is 13.8. The van der Waals surface area contributed by atoms with Crippen LogP contribution < -0.4 is 10.4 Å². The van der Waals surface area contributed by atoms with Crippen molar-refractivity contribution in [2.45, 2.75) is 25.9 Å². The first kappa shape index (κ1) is 35.5. The van der Waals surface area contributed by atoms with E-state index in [1.54, 1.807) is 48.5 Å². The van der Waals surface area contributed by atoms with Crippen molar-refractivity contribution in [2.75, 3.05) is 0 Å². The number of allylic oxidation sites excluding steroid dienone is 3. The van der Waals surface area contributed by atoms with Gasteiger partial charge in [0.05, 0.1) is 34.4 Å². The summed E-state index contributed by atoms with van der Waals surface area (Å²) in [5.74, 6) is -0.118. The van der Waals surface area contributed by atoms with Gasteiger partial charge in [0.1, 0.15) is 30.9 Å². The largest absolute Gasteiger partial charge is 0.523 e. The standard InChI is InChI=1S/C46H23F3N6/c1-26-4-10-29(11-5-26)42-38(45(54-2)55-3)21-37-41(31-14-8-28(23-51)9-15-31)43-36(40(44(37)42)30-12-6-27(22-50)7-13-30)20-35(33(24-52)25-53)39(43)32-16-18-34(19-17-32)46(47,48)49/h4-19H,20-21H2,1H3. The number of aryl methyl sites for hydroxylation is 1. The van der Waals surface area contributed by atoms with E-state index in [0.29, 0.717) is 72.0 Å². The molecule has 55 heavy (non-hydrogen) atoms. The molecule has 0 amide bonds. The van der Waals surface area contributed by atoms with E-state index in [1.807, 2.05) is 43.3 Å². The quantitative estimate of drug-likeness (QED) is 0.137. The van der Waals surface area contributed by atoms with Crippen molar-refractivity contribution in [3.63, 3.8) is 0 Å². The van der Waals surface area contributed by atoms with Crippen molar-refractivity contribution < 1.29 is 13.2 Å². The van der Waals surface area contributed by atoms with Crippen molar-refractivity contribution in [3.8, 4) is 46.5 Å². The monoisotopic (exact) mass is 716 g/mol. The molecule has 9 heteroatoms. The van der Waals surface area contributed by atoms with Gasteiger partial charge in [-0.2, -0.15) is 43.9 Å². The fourth-order valence-corrected chi connectivity index (χ4v) is 7.56. The second-order valence-corrected chi connectivity index (χ2v) is 13.0. The second-order valence-electron chi connectivity index (χ2n) is 13.0. The zero-order valence-electron chi connectivity index (χ0n) is 29.0. The third-order valence-corrected chi connectivity index (χ3v) is 9.97. The first-order valence-corrected chi connectivity index (χ1v) is 16.8. The Morgan fingerprint density at radius 3 is 1.38 bits per heavy atom. The summed E-state index contributed by atoms with van der Waals surface area (Å²) in [7, 11) is 0. The summed E-state index contributed by atoms with van der Waals surface area (Å²) >= 11 is 0. The Morgan fingerprint density at radius 2 is 0.982 bits per heavy atom. The molecular weight excluding hydrogens is 694 g/mol. The lowest BCUT2D eigenvalue weighted by atomic mass is 9.85. The Bertz CT molecular complexity index is 2890. The van der Waals surface area contributed by atoms with E-state index in [-0.39, 0.29) is 24.2 Å². The van der Waals surface area contributed by atoms with Gasteiger partial charge in [0, 0.05) is 6.42 Å². The zero-order valence-corrected chi connectivity index (χ0v) is 29.0. The van der Waals surface area contributed by atoms with Gasteiger partial charge in [0.2, 0.25) is 0 Å². The molecule has 5 aromatic carbocycles. The highest BCUT2D eigenvalue weighted by Gasteiger charge is 2.37. The van der Waals surface area contributed by atoms with E-state index in [1.165, 1.54) is 12.1 Å². The maximum absolute atomic E-state index is 13.8. The second kappa shape index (κ2) is 13.9. The third kappa shape index (κ3) is 6.00. The number of halogens is 3. The summed E-state index contributed by atoms with van der Waals surface area (Å²) in [6, 6.07) is 34.4. The minimum atomic E-state index is -4.61. The van der Waals surface area contributed by atoms with Gasteiger partial charge in [0.15, 0.2) is 0 Å². The number of nitriles is 4. The normalized spacial score (nSPS) is 12.7. The number of hydrogen-bond donors (Lipinski definition) is 0. The smallest absolute Gasteiger partial charge is 0.192 e. The molecule has 0 fully saturated rings. The van der Waals surface area contributed by atoms with Crippen molar-refractivity contribution in [2.24, 2.45) is 0 Å². The summed E-state index contributed by atoms with van der Waals surface area (Å²) in [4.78, 5) is 7.30. The molecule has 7 rings (SSSR count). The van der Waals surface area contributed by atoms with Crippen LogP contribution >= 0.6 is 0 Å². The summed E-state index contributed by atoms with van der Waals surface area (Å²) in [5, 5.41) is 41.2. The highest BCUT2D eigenvalue weighted by molar-refractivity contribution is 5.98. The van der Waals surface area contributed by atoms with Gasteiger partial charge < -0.3 is 0 Å². The Labute approximate surface area is 314 Å². The molecule has 0 heterocycles. The predicted molar refractivity (Wildman–Crippen MR) is 200 cm³/mol. The first-order chi connectivity index (χ1) is 26.6. The fourth-order valence-electron chi connectivity index (χ4n) is 7.56. The van der Waals surface area contributed by atoms with Crippen LogP contribution in [0.4, 0.5) is 13.2 Å². The lowest BCUT2D eigenvalue weighted by molar-refractivity contribution is -0.137. The van der Waals surface area contributed by atoms with Gasteiger partial charge in [-0.15, -0.1) is 0 Å². The summed E-state index contributed by atoms with van der Waals surface area (Å²) in [6.45, 7) is 18.0. The average Bonchev–Trinajstić information content (AvgIpc) is 3.78. The number of fused-ring (bicyclic) bond motifs is 2. The number of benzene rings is 5. The molecule has 258 valence electrons. The number of alkyl halides is 3. The molecule has 0 spiro atoms. The molecule has 0 unspecified atom stereocenters. The highest BCUT2D eigenvalue weighted by Crippen LogP contribution is 2.43. The highest BCUT2D eigenvalue weighted by atomic mass is 19.4. The Morgan fingerprint density at radius 1 is 0.582 bits per heavy atom. The predicted octanol–water partition coefficient (Wildman–Crippen LogP) is 9.00. The number of hydrogen-bond acceptors (Lipinski definition) is 4. The Balaban J connectivity index is 1.81. The lowest BCUT2D eigenvalue weighted by Gasteiger charge is -2.18. The van der Waals surface area contributed by atoms with Crippen molar-refractivity contribution >= 4 is 11.1 Å². The Kier molecular flexibility index (Phi) is 8.95. The lowest BCUT2D eigenvalue weighted by Crippen LogP contribution is -2.25. The van der Waals surface area contributed by atoms with Crippen molar-refractivity contribution in [1.82, 2.24) is 0 Å². The van der Waals surface area contributed by atoms with Gasteiger partial charge in [0.25, 0.3) is 0 Å². The van der Waals surface area contributed by atoms with Crippen molar-refractivity contribution in [3.05, 3.63) is 197 Å². The zero-order chi connectivity index (χ0) is 39.0. The molecule has 0 saturated carbocycles. The van der Waals surface area contributed by atoms with Crippen LogP contribution in [-0.2, 0) is 19.0 Å². The molecule has 6 nitrogen and oxygen atoms in total. The van der Waals surface area contributed by atoms with E-state index in [0.717, 1.165) is 34.0 Å². The van der Waals surface area contributed by atoms with Gasteiger partial charge in [-0.3, -0.25) is 0 Å². The molecule has 5 aromatic rings. The first-order valence-electron chi connectivity index (χ1n) is 16.8. The summed E-state index contributed by atoms with van der Waals surface area (Å²) in [6.07, 6.45) is -4.43. The fraction of sp³-hybridized carbons (Fsp3) is 0.0870. The molecule has 2 aliphatic rings. The Hall–Kier alpha value is -7.95. The SMILES string of the molecule is [C-]#[N+]C([N+]#[C-])=C1Cc2c(-c3ccc(C#N)cc3)c3c(c(-c4ccc(C#N)cc4)c2=C1c1ccc(C)cc1)CC(=C(C#N)C#N)C=3c1ccc(C(F)(F)F)cc1. The van der Waals surface area contributed by atoms with Gasteiger partial charge >= 0.3 is 12.0 Å². The molecule has 0 aromatic heterocycles. The van der Waals surface area contributed by atoms with Crippen LogP contribution in [-0.4, -0.2) is 0 Å². The van der Waals surface area contributed by atoms with Gasteiger partial charge in [-0.05, 0) is 121 Å². The van der Waals surface area contributed by atoms with Gasteiger partial charge in [-0.25, -0.2) is 0 Å². The van der Waals surface area contributed by atoms with E-state index in [4.69, 9.17) is 13.1 Å². The average molecular weight is 717 g/mol. The molecule has 0 atom stereocenters. The molecule has 0 bridgehead atoms. The third-order valence-electron chi connectivity index (χ3n) is 9.97. The minimum Gasteiger partial charge on any atom is -0.192 e. The molecule has 0 aliphatic heterocycles. The molecule has 0 saturated heterocycles. The number of nitrogens with zero attached hydrogens (tertiary/aromatic N) is 6. The van der Waals surface area contributed by atoms with Crippen LogP contribution in [0.5, 0.6) is 0 Å². The van der Waals surface area contributed by atoms with Crippen LogP contribution in [0.25, 0.3) is 43.1 Å². The van der Waals surface area contributed by atoms with E-state index in [9.17, 15) is 34.2 Å². The molecular formula is C46H23F3N6. The van der Waals surface area contributed by atoms with Crippen LogP contribution in [0.3, 0.4) is 0 Å². The maximum Gasteiger partial charge on any atom is 0.523 e. The van der Waals surface area contributed by atoms with E-state index in [2.05, 4.69) is 21.8 Å². The van der Waals surface area contributed by atoms with Crippen LogP contribution in [0, 0.1) is 65.4 Å². The number of rotatable bonds is 4. The molecule has 2 aliphatic carbocycles. The summed E-state index contributed by atoms with van der Waals surface area (Å²) in [5.41, 5.74) is 7.78. The molecule has 0 N–H and O–H groups in total. The van der Waals surface area contributed by atoms with E-state index < -0.39 is 11.7 Å². The molecule has 0 radical (unpaired) electrons. The van der Waals surface area contributed by atoms with E-state index >= 15 is 0 Å². The minimum absolute atomic E-state index is 0.0484. The summed E-state index contributed by atoms with van der Waals surface area (Å²) < 4.78 is 41.4. The van der Waals surface area contributed by atoms with Crippen LogP contribution in [0.1, 0.15) is 44.5 Å². The van der Waals surface area contributed by atoms with Gasteiger partial charge in [-0.1, -0.05) is 66.2 Å². The van der Waals surface area contributed by atoms with Crippen LogP contribution in [0.15, 0.2) is 120 Å².